The first kappa shape index (κ1) is 18.2. The molecule has 0 bridgehead atoms. The number of sulfonamides is 1. The first-order valence-corrected chi connectivity index (χ1v) is 9.93. The summed E-state index contributed by atoms with van der Waals surface area (Å²) < 4.78 is 59.2. The molecule has 1 aromatic carbocycles. The first-order valence-electron chi connectivity index (χ1n) is 7.53. The second kappa shape index (κ2) is 7.35. The van der Waals surface area contributed by atoms with Crippen LogP contribution in [0.5, 0.6) is 5.88 Å². The summed E-state index contributed by atoms with van der Waals surface area (Å²) in [7, 11) is -3.69. The highest BCUT2D eigenvalue weighted by molar-refractivity contribution is 9.10. The number of halogens is 3. The summed E-state index contributed by atoms with van der Waals surface area (Å²) >= 11 is 3.28. The largest absolute Gasteiger partial charge is 0.473 e. The average molecular weight is 433 g/mol. The lowest BCUT2D eigenvalue weighted by Crippen LogP contribution is -2.32. The molecule has 1 unspecified atom stereocenters. The van der Waals surface area contributed by atoms with Crippen molar-refractivity contribution < 1.29 is 21.9 Å². The number of ether oxygens (including phenoxy) is 1. The van der Waals surface area contributed by atoms with Gasteiger partial charge in [0.15, 0.2) is 0 Å². The predicted molar refractivity (Wildman–Crippen MR) is 91.5 cm³/mol. The van der Waals surface area contributed by atoms with E-state index in [2.05, 4.69) is 20.9 Å². The molecule has 1 aromatic heterocycles. The van der Waals surface area contributed by atoms with Crippen LogP contribution in [0.3, 0.4) is 0 Å². The van der Waals surface area contributed by atoms with Gasteiger partial charge in [-0.3, -0.25) is 0 Å². The monoisotopic (exact) mass is 432 g/mol. The number of hydrogen-bond acceptors (Lipinski definition) is 4. The van der Waals surface area contributed by atoms with Crippen molar-refractivity contribution in [2.75, 3.05) is 13.1 Å². The number of nitrogens with zero attached hydrogens (tertiary/aromatic N) is 2. The quantitative estimate of drug-likeness (QED) is 0.728. The average Bonchev–Trinajstić information content (AvgIpc) is 2.97. The molecule has 2 aromatic rings. The molecule has 1 fully saturated rings. The summed E-state index contributed by atoms with van der Waals surface area (Å²) in [4.78, 5) is 4.10. The standard InChI is InChI=1S/C16H15BrF2N2O3S/c17-12-1-2-16(20-8-12)24-15-3-4-21(9-15)25(22,23)10-11-5-13(18)7-14(19)6-11/h1-2,5-8,15H,3-4,9-10H2. The maximum absolute atomic E-state index is 13.2. The Bertz CT molecular complexity index is 842. The van der Waals surface area contributed by atoms with Crippen molar-refractivity contribution in [2.45, 2.75) is 18.3 Å². The van der Waals surface area contributed by atoms with Crippen molar-refractivity contribution in [3.8, 4) is 5.88 Å². The third kappa shape index (κ3) is 4.74. The Morgan fingerprint density at radius 2 is 1.96 bits per heavy atom. The van der Waals surface area contributed by atoms with E-state index in [9.17, 15) is 17.2 Å². The fourth-order valence-corrected chi connectivity index (χ4v) is 4.43. The summed E-state index contributed by atoms with van der Waals surface area (Å²) in [5.41, 5.74) is 0.0800. The van der Waals surface area contributed by atoms with Gasteiger partial charge < -0.3 is 4.74 Å². The molecule has 0 saturated carbocycles. The predicted octanol–water partition coefficient (Wildman–Crippen LogP) is 3.11. The van der Waals surface area contributed by atoms with Crippen LogP contribution in [0.4, 0.5) is 8.78 Å². The Morgan fingerprint density at radius 1 is 1.24 bits per heavy atom. The zero-order valence-corrected chi connectivity index (χ0v) is 15.4. The summed E-state index contributed by atoms with van der Waals surface area (Å²) in [5.74, 6) is -1.63. The van der Waals surface area contributed by atoms with Crippen LogP contribution in [0.25, 0.3) is 0 Å². The number of rotatable bonds is 5. The van der Waals surface area contributed by atoms with E-state index >= 15 is 0 Å². The molecule has 0 amide bonds. The molecule has 0 aliphatic carbocycles. The van der Waals surface area contributed by atoms with E-state index in [1.165, 1.54) is 4.31 Å². The van der Waals surface area contributed by atoms with E-state index < -0.39 is 27.4 Å². The number of aromatic nitrogens is 1. The second-order valence-corrected chi connectivity index (χ2v) is 8.62. The molecule has 25 heavy (non-hydrogen) atoms. The van der Waals surface area contributed by atoms with Crippen LogP contribution < -0.4 is 4.74 Å². The summed E-state index contributed by atoms with van der Waals surface area (Å²) in [6.07, 6.45) is 1.80. The first-order chi connectivity index (χ1) is 11.8. The van der Waals surface area contributed by atoms with Crippen LogP contribution in [0.1, 0.15) is 12.0 Å². The van der Waals surface area contributed by atoms with Crippen LogP contribution in [-0.4, -0.2) is 36.9 Å². The Hall–Kier alpha value is -1.58. The molecular weight excluding hydrogens is 418 g/mol. The third-order valence-corrected chi connectivity index (χ3v) is 6.05. The lowest BCUT2D eigenvalue weighted by atomic mass is 10.2. The van der Waals surface area contributed by atoms with E-state index in [1.54, 1.807) is 18.3 Å². The maximum Gasteiger partial charge on any atom is 0.218 e. The van der Waals surface area contributed by atoms with Gasteiger partial charge in [0, 0.05) is 29.3 Å². The van der Waals surface area contributed by atoms with Crippen molar-refractivity contribution >= 4 is 26.0 Å². The highest BCUT2D eigenvalue weighted by Gasteiger charge is 2.33. The molecule has 1 saturated heterocycles. The van der Waals surface area contributed by atoms with Gasteiger partial charge in [0.25, 0.3) is 0 Å². The van der Waals surface area contributed by atoms with Gasteiger partial charge in [0.1, 0.15) is 17.7 Å². The Kier molecular flexibility index (Phi) is 5.35. The highest BCUT2D eigenvalue weighted by atomic mass is 79.9. The van der Waals surface area contributed by atoms with Gasteiger partial charge in [-0.25, -0.2) is 22.2 Å². The molecule has 1 aliphatic rings. The molecule has 0 spiro atoms. The molecule has 0 radical (unpaired) electrons. The zero-order chi connectivity index (χ0) is 18.0. The molecule has 3 rings (SSSR count). The minimum atomic E-state index is -3.69. The van der Waals surface area contributed by atoms with Gasteiger partial charge in [0.2, 0.25) is 15.9 Å². The molecule has 1 atom stereocenters. The van der Waals surface area contributed by atoms with Gasteiger partial charge in [-0.1, -0.05) is 0 Å². The number of pyridine rings is 1. The molecule has 134 valence electrons. The van der Waals surface area contributed by atoms with Crippen LogP contribution >= 0.6 is 15.9 Å². The van der Waals surface area contributed by atoms with Crippen LogP contribution in [0.2, 0.25) is 0 Å². The molecule has 0 N–H and O–H groups in total. The molecule has 5 nitrogen and oxygen atoms in total. The van der Waals surface area contributed by atoms with Gasteiger partial charge in [-0.05, 0) is 46.1 Å². The van der Waals surface area contributed by atoms with Crippen molar-refractivity contribution in [1.82, 2.24) is 9.29 Å². The SMILES string of the molecule is O=S(=O)(Cc1cc(F)cc(F)c1)N1CCC(Oc2ccc(Br)cn2)C1. The van der Waals surface area contributed by atoms with Crippen molar-refractivity contribution in [3.05, 3.63) is 58.2 Å². The number of hydrogen-bond donors (Lipinski definition) is 0. The van der Waals surface area contributed by atoms with Crippen LogP contribution in [0.15, 0.2) is 41.0 Å². The van der Waals surface area contributed by atoms with E-state index in [0.717, 1.165) is 16.6 Å². The van der Waals surface area contributed by atoms with Crippen molar-refractivity contribution in [3.63, 3.8) is 0 Å². The van der Waals surface area contributed by atoms with Crippen molar-refractivity contribution in [2.24, 2.45) is 0 Å². The minimum Gasteiger partial charge on any atom is -0.473 e. The molecule has 9 heteroatoms. The molecule has 1 aliphatic heterocycles. The lowest BCUT2D eigenvalue weighted by molar-refractivity contribution is 0.207. The van der Waals surface area contributed by atoms with Crippen LogP contribution in [-0.2, 0) is 15.8 Å². The smallest absolute Gasteiger partial charge is 0.218 e. The normalized spacial score (nSPS) is 18.4. The van der Waals surface area contributed by atoms with E-state index in [4.69, 9.17) is 4.74 Å². The Morgan fingerprint density at radius 3 is 2.60 bits per heavy atom. The van der Waals surface area contributed by atoms with Crippen molar-refractivity contribution in [1.29, 1.82) is 0 Å². The van der Waals surface area contributed by atoms with Crippen LogP contribution in [0, 0.1) is 11.6 Å². The van der Waals surface area contributed by atoms with Gasteiger partial charge in [-0.15, -0.1) is 0 Å². The van der Waals surface area contributed by atoms with Gasteiger partial charge in [0.05, 0.1) is 12.3 Å². The third-order valence-electron chi connectivity index (χ3n) is 3.76. The second-order valence-electron chi connectivity index (χ2n) is 5.74. The summed E-state index contributed by atoms with van der Waals surface area (Å²) in [6.45, 7) is 0.471. The van der Waals surface area contributed by atoms with E-state index in [0.29, 0.717) is 24.9 Å². The van der Waals surface area contributed by atoms with Gasteiger partial charge in [-0.2, -0.15) is 4.31 Å². The fraction of sp³-hybridized carbons (Fsp3) is 0.312. The molecular formula is C16H15BrF2N2O3S. The Labute approximate surface area is 152 Å². The number of benzene rings is 1. The van der Waals surface area contributed by atoms with E-state index in [1.807, 2.05) is 0 Å². The topological polar surface area (TPSA) is 59.5 Å². The van der Waals surface area contributed by atoms with E-state index in [-0.39, 0.29) is 18.2 Å². The highest BCUT2D eigenvalue weighted by Crippen LogP contribution is 2.22. The zero-order valence-electron chi connectivity index (χ0n) is 13.0. The lowest BCUT2D eigenvalue weighted by Gasteiger charge is -2.17. The fourth-order valence-electron chi connectivity index (χ4n) is 2.65. The molecule has 2 heterocycles. The Balaban J connectivity index is 1.64. The van der Waals surface area contributed by atoms with Gasteiger partial charge >= 0.3 is 0 Å². The minimum absolute atomic E-state index is 0.0800. The summed E-state index contributed by atoms with van der Waals surface area (Å²) in [5, 5.41) is 0. The summed E-state index contributed by atoms with van der Waals surface area (Å²) in [6, 6.07) is 6.23. The maximum atomic E-state index is 13.2.